The molecule has 3 nitrogen and oxygen atoms in total. The van der Waals surface area contributed by atoms with Crippen molar-refractivity contribution in [3.8, 4) is 0 Å². The topological polar surface area (TPSA) is 49.3 Å². The summed E-state index contributed by atoms with van der Waals surface area (Å²) in [7, 11) is 0. The number of aliphatic carboxylic acids is 1. The summed E-state index contributed by atoms with van der Waals surface area (Å²) in [5, 5.41) is 12.2. The number of carboxylic acids is 1. The SMILES string of the molecule is O=C(O)CCC12CCC(CC1)CNC2. The highest BCUT2D eigenvalue weighted by Crippen LogP contribution is 2.43. The molecule has 3 rings (SSSR count). The molecular weight excluding hydrogens is 178 g/mol. The standard InChI is InChI=1S/C11H19NO2/c13-10(14)3-6-11-4-1-9(2-5-11)7-12-8-11/h9,12H,1-8H2,(H,13,14). The van der Waals surface area contributed by atoms with E-state index in [0.717, 1.165) is 25.4 Å². The molecule has 0 atom stereocenters. The molecule has 0 unspecified atom stereocenters. The summed E-state index contributed by atoms with van der Waals surface area (Å²) in [6.07, 6.45) is 6.27. The molecule has 0 aromatic heterocycles. The summed E-state index contributed by atoms with van der Waals surface area (Å²) in [6.45, 7) is 2.19. The van der Waals surface area contributed by atoms with Gasteiger partial charge in [0.1, 0.15) is 0 Å². The van der Waals surface area contributed by atoms with Gasteiger partial charge >= 0.3 is 5.97 Å². The minimum atomic E-state index is -0.647. The first-order valence-corrected chi connectivity index (χ1v) is 5.63. The highest BCUT2D eigenvalue weighted by molar-refractivity contribution is 5.66. The molecule has 1 aliphatic carbocycles. The summed E-state index contributed by atoms with van der Waals surface area (Å²) >= 11 is 0. The minimum absolute atomic E-state index is 0.311. The van der Waals surface area contributed by atoms with E-state index in [1.165, 1.54) is 25.7 Å². The molecule has 0 spiro atoms. The van der Waals surface area contributed by atoms with E-state index in [-0.39, 0.29) is 0 Å². The fourth-order valence-electron chi connectivity index (χ4n) is 2.92. The quantitative estimate of drug-likeness (QED) is 0.723. The lowest BCUT2D eigenvalue weighted by Crippen LogP contribution is -2.32. The van der Waals surface area contributed by atoms with Crippen molar-refractivity contribution in [3.05, 3.63) is 0 Å². The van der Waals surface area contributed by atoms with Crippen molar-refractivity contribution in [1.82, 2.24) is 5.32 Å². The predicted molar refractivity (Wildman–Crippen MR) is 54.1 cm³/mol. The van der Waals surface area contributed by atoms with Crippen molar-refractivity contribution < 1.29 is 9.90 Å². The van der Waals surface area contributed by atoms with Crippen LogP contribution in [0.2, 0.25) is 0 Å². The zero-order valence-electron chi connectivity index (χ0n) is 8.59. The van der Waals surface area contributed by atoms with Gasteiger partial charge in [0, 0.05) is 13.0 Å². The Morgan fingerprint density at radius 1 is 1.43 bits per heavy atom. The summed E-state index contributed by atoms with van der Waals surface area (Å²) in [6, 6.07) is 0. The average Bonchev–Trinajstić information content (AvgIpc) is 2.48. The van der Waals surface area contributed by atoms with Crippen LogP contribution in [-0.2, 0) is 4.79 Å². The van der Waals surface area contributed by atoms with Crippen molar-refractivity contribution in [1.29, 1.82) is 0 Å². The predicted octanol–water partition coefficient (Wildman–Crippen LogP) is 1.63. The first-order chi connectivity index (χ1) is 6.70. The van der Waals surface area contributed by atoms with Crippen molar-refractivity contribution in [2.75, 3.05) is 13.1 Å². The fourth-order valence-corrected chi connectivity index (χ4v) is 2.92. The van der Waals surface area contributed by atoms with E-state index in [0.29, 0.717) is 11.8 Å². The third kappa shape index (κ3) is 2.08. The highest BCUT2D eigenvalue weighted by atomic mass is 16.4. The number of carbonyl (C=O) groups is 1. The molecule has 2 N–H and O–H groups in total. The smallest absolute Gasteiger partial charge is 0.303 e. The number of carboxylic acid groups (broad SMARTS) is 1. The van der Waals surface area contributed by atoms with Crippen LogP contribution in [0.5, 0.6) is 0 Å². The molecule has 2 heterocycles. The number of hydrogen-bond acceptors (Lipinski definition) is 2. The third-order valence-electron chi connectivity index (χ3n) is 3.97. The molecule has 0 aromatic rings. The molecule has 14 heavy (non-hydrogen) atoms. The summed E-state index contributed by atoms with van der Waals surface area (Å²) in [5.41, 5.74) is 0.311. The minimum Gasteiger partial charge on any atom is -0.481 e. The van der Waals surface area contributed by atoms with E-state index in [4.69, 9.17) is 5.11 Å². The first-order valence-electron chi connectivity index (χ1n) is 5.63. The van der Waals surface area contributed by atoms with Crippen LogP contribution in [-0.4, -0.2) is 24.2 Å². The van der Waals surface area contributed by atoms with Crippen LogP contribution in [0.3, 0.4) is 0 Å². The van der Waals surface area contributed by atoms with Crippen LogP contribution in [0, 0.1) is 11.3 Å². The maximum Gasteiger partial charge on any atom is 0.303 e. The van der Waals surface area contributed by atoms with Gasteiger partial charge in [0.05, 0.1) is 0 Å². The number of rotatable bonds is 3. The van der Waals surface area contributed by atoms with Crippen molar-refractivity contribution >= 4 is 5.97 Å². The van der Waals surface area contributed by atoms with Gasteiger partial charge in [-0.3, -0.25) is 4.79 Å². The number of fused-ring (bicyclic) bond motifs is 4. The molecule has 2 saturated heterocycles. The summed E-state index contributed by atoms with van der Waals surface area (Å²) in [5.74, 6) is 0.209. The zero-order chi connectivity index (χ0) is 10.0. The van der Waals surface area contributed by atoms with Crippen LogP contribution in [0.25, 0.3) is 0 Å². The Balaban J connectivity index is 1.95. The van der Waals surface area contributed by atoms with Gasteiger partial charge in [-0.2, -0.15) is 0 Å². The lowest BCUT2D eigenvalue weighted by Gasteiger charge is -2.36. The van der Waals surface area contributed by atoms with E-state index in [2.05, 4.69) is 5.32 Å². The maximum absolute atomic E-state index is 10.6. The maximum atomic E-state index is 10.6. The van der Waals surface area contributed by atoms with Gasteiger partial charge in [-0.1, -0.05) is 0 Å². The zero-order valence-corrected chi connectivity index (χ0v) is 8.59. The molecule has 0 radical (unpaired) electrons. The fraction of sp³-hybridized carbons (Fsp3) is 0.909. The number of nitrogens with one attached hydrogen (secondary N) is 1. The molecule has 2 aliphatic heterocycles. The second-order valence-corrected chi connectivity index (χ2v) is 4.97. The monoisotopic (exact) mass is 197 g/mol. The van der Waals surface area contributed by atoms with Crippen molar-refractivity contribution in [3.63, 3.8) is 0 Å². The van der Waals surface area contributed by atoms with Crippen LogP contribution in [0.4, 0.5) is 0 Å². The number of hydrogen-bond donors (Lipinski definition) is 2. The highest BCUT2D eigenvalue weighted by Gasteiger charge is 2.37. The largest absolute Gasteiger partial charge is 0.481 e. The second-order valence-electron chi connectivity index (χ2n) is 4.97. The van der Waals surface area contributed by atoms with Gasteiger partial charge in [0.2, 0.25) is 0 Å². The second kappa shape index (κ2) is 3.89. The van der Waals surface area contributed by atoms with Crippen LogP contribution in [0.15, 0.2) is 0 Å². The van der Waals surface area contributed by atoms with E-state index in [1.54, 1.807) is 0 Å². The van der Waals surface area contributed by atoms with Gasteiger partial charge < -0.3 is 10.4 Å². The van der Waals surface area contributed by atoms with Crippen LogP contribution in [0.1, 0.15) is 38.5 Å². The van der Waals surface area contributed by atoms with Gasteiger partial charge in [-0.25, -0.2) is 0 Å². The first kappa shape index (κ1) is 9.97. The Kier molecular flexibility index (Phi) is 2.77. The molecule has 80 valence electrons. The van der Waals surface area contributed by atoms with Crippen molar-refractivity contribution in [2.24, 2.45) is 11.3 Å². The van der Waals surface area contributed by atoms with Gasteiger partial charge in [-0.15, -0.1) is 0 Å². The Bertz CT molecular complexity index is 214. The molecule has 2 bridgehead atoms. The van der Waals surface area contributed by atoms with E-state index in [1.807, 2.05) is 0 Å². The van der Waals surface area contributed by atoms with E-state index < -0.39 is 5.97 Å². The Morgan fingerprint density at radius 3 is 2.79 bits per heavy atom. The molecule has 3 fully saturated rings. The van der Waals surface area contributed by atoms with E-state index >= 15 is 0 Å². The molecule has 3 heteroatoms. The lowest BCUT2D eigenvalue weighted by atomic mass is 9.69. The summed E-state index contributed by atoms with van der Waals surface area (Å²) < 4.78 is 0. The van der Waals surface area contributed by atoms with Gasteiger partial charge in [-0.05, 0) is 50.0 Å². The van der Waals surface area contributed by atoms with Gasteiger partial charge in [0.15, 0.2) is 0 Å². The average molecular weight is 197 g/mol. The Hall–Kier alpha value is -0.570. The molecule has 0 amide bonds. The van der Waals surface area contributed by atoms with E-state index in [9.17, 15) is 4.79 Å². The molecule has 0 aromatic carbocycles. The third-order valence-corrected chi connectivity index (χ3v) is 3.97. The molecule has 3 aliphatic rings. The molecular formula is C11H19NO2. The van der Waals surface area contributed by atoms with Crippen molar-refractivity contribution in [2.45, 2.75) is 38.5 Å². The van der Waals surface area contributed by atoms with Crippen LogP contribution >= 0.6 is 0 Å². The van der Waals surface area contributed by atoms with Gasteiger partial charge in [0.25, 0.3) is 0 Å². The van der Waals surface area contributed by atoms with Crippen LogP contribution < -0.4 is 5.32 Å². The summed E-state index contributed by atoms with van der Waals surface area (Å²) in [4.78, 5) is 10.6. The normalized spacial score (nSPS) is 36.7. The Labute approximate surface area is 84.9 Å². The Morgan fingerprint density at radius 2 is 2.14 bits per heavy atom. The molecule has 1 saturated carbocycles. The lowest BCUT2D eigenvalue weighted by molar-refractivity contribution is -0.137.